The van der Waals surface area contributed by atoms with Crippen molar-refractivity contribution in [2.75, 3.05) is 24.7 Å². The fourth-order valence-corrected chi connectivity index (χ4v) is 7.98. The molecule has 0 radical (unpaired) electrons. The third-order valence-electron chi connectivity index (χ3n) is 8.04. The highest BCUT2D eigenvalue weighted by molar-refractivity contribution is 7.46. The number of imidazole rings is 2. The van der Waals surface area contributed by atoms with Crippen LogP contribution in [-0.4, -0.2) is 76.7 Å². The first-order valence-corrected chi connectivity index (χ1v) is 16.7. The summed E-state index contributed by atoms with van der Waals surface area (Å²) in [5, 5.41) is 0. The predicted octanol–water partition coefficient (Wildman–Crippen LogP) is -1.76. The normalized spacial score (nSPS) is 37.1. The lowest BCUT2D eigenvalue weighted by Crippen LogP contribution is -2.38. The lowest BCUT2D eigenvalue weighted by molar-refractivity contribution is -0.243. The second kappa shape index (κ2) is 11.0. The smallest absolute Gasteiger partial charge is 0.280 e. The van der Waals surface area contributed by atoms with Crippen LogP contribution in [-0.2, 0) is 36.7 Å². The summed E-state index contributed by atoms with van der Waals surface area (Å²) < 4.78 is 62.2. The van der Waals surface area contributed by atoms with E-state index in [0.717, 1.165) is 0 Å². The summed E-state index contributed by atoms with van der Waals surface area (Å²) in [4.78, 5) is 71.7. The van der Waals surface area contributed by atoms with E-state index in [1.807, 2.05) is 0 Å². The molecule has 3 aliphatic rings. The summed E-state index contributed by atoms with van der Waals surface area (Å²) in [6, 6.07) is 0. The number of rotatable bonds is 2. The Morgan fingerprint density at radius 1 is 0.783 bits per heavy atom. The highest BCUT2D eigenvalue weighted by atomic mass is 31.2. The Labute approximate surface area is 256 Å². The minimum Gasteiger partial charge on any atom is -0.756 e. The molecule has 4 aromatic heterocycles. The van der Waals surface area contributed by atoms with E-state index in [2.05, 4.69) is 29.9 Å². The lowest BCUT2D eigenvalue weighted by Gasteiger charge is -2.35. The molecule has 0 saturated carbocycles. The third-order valence-corrected chi connectivity index (χ3v) is 9.98. The van der Waals surface area contributed by atoms with Gasteiger partial charge in [0.1, 0.15) is 36.9 Å². The molecule has 24 heteroatoms. The van der Waals surface area contributed by atoms with E-state index in [1.54, 1.807) is 13.8 Å². The van der Waals surface area contributed by atoms with Gasteiger partial charge in [0.25, 0.3) is 26.8 Å². The molecule has 4 unspecified atom stereocenters. The van der Waals surface area contributed by atoms with Crippen molar-refractivity contribution in [1.82, 2.24) is 39.0 Å². The maximum absolute atomic E-state index is 13.1. The Balaban J connectivity index is 1.18. The highest BCUT2D eigenvalue weighted by Crippen LogP contribution is 2.52. The number of fused-ring (bicyclic) bond motifs is 4. The van der Waals surface area contributed by atoms with Gasteiger partial charge in [-0.1, -0.05) is 13.8 Å². The largest absolute Gasteiger partial charge is 0.756 e. The number of H-pyrrole nitrogens is 2. The molecule has 0 aliphatic carbocycles. The molecule has 7 heterocycles. The Bertz CT molecular complexity index is 1900. The second-order valence-electron chi connectivity index (χ2n) is 11.0. The molecule has 46 heavy (non-hydrogen) atoms. The predicted molar refractivity (Wildman–Crippen MR) is 148 cm³/mol. The lowest BCUT2D eigenvalue weighted by atomic mass is 10.0. The fourth-order valence-electron chi connectivity index (χ4n) is 5.94. The van der Waals surface area contributed by atoms with Gasteiger partial charge in [0.15, 0.2) is 22.3 Å². The van der Waals surface area contributed by atoms with Gasteiger partial charge < -0.3 is 48.8 Å². The van der Waals surface area contributed by atoms with Gasteiger partial charge in [0.05, 0.1) is 25.9 Å². The first-order chi connectivity index (χ1) is 21.7. The van der Waals surface area contributed by atoms with E-state index in [0.29, 0.717) is 0 Å². The first-order valence-electron chi connectivity index (χ1n) is 13.7. The van der Waals surface area contributed by atoms with Gasteiger partial charge in [0, 0.05) is 11.8 Å². The fraction of sp³-hybridized carbons (Fsp3) is 0.545. The molecule has 3 saturated heterocycles. The average Bonchev–Trinajstić information content (AvgIpc) is 3.72. The van der Waals surface area contributed by atoms with Crippen LogP contribution in [0.2, 0.25) is 0 Å². The summed E-state index contributed by atoms with van der Waals surface area (Å²) in [7, 11) is -10.2. The molecule has 3 aliphatic heterocycles. The number of hydrogen-bond acceptors (Lipinski definition) is 18. The zero-order valence-corrected chi connectivity index (χ0v) is 25.6. The van der Waals surface area contributed by atoms with Crippen molar-refractivity contribution in [2.45, 2.75) is 50.7 Å². The van der Waals surface area contributed by atoms with Gasteiger partial charge >= 0.3 is 0 Å². The summed E-state index contributed by atoms with van der Waals surface area (Å²) in [5.74, 6) is -2.02. The number of anilines is 2. The van der Waals surface area contributed by atoms with E-state index in [-0.39, 0.29) is 34.2 Å². The molecule has 7 rings (SSSR count). The number of phosphoric acid groups is 2. The summed E-state index contributed by atoms with van der Waals surface area (Å²) in [6.45, 7) is 1.70. The van der Waals surface area contributed by atoms with Crippen molar-refractivity contribution in [3.8, 4) is 0 Å². The molecule has 0 bridgehead atoms. The quantitative estimate of drug-likeness (QED) is 0.170. The topological polar surface area (TPSA) is 315 Å². The molecule has 3 fully saturated rings. The van der Waals surface area contributed by atoms with Gasteiger partial charge in [-0.2, -0.15) is 9.97 Å². The van der Waals surface area contributed by atoms with E-state index in [9.17, 15) is 28.5 Å². The van der Waals surface area contributed by atoms with Crippen molar-refractivity contribution in [1.29, 1.82) is 0 Å². The molecule has 0 amide bonds. The van der Waals surface area contributed by atoms with E-state index < -0.39 is 88.7 Å². The van der Waals surface area contributed by atoms with Gasteiger partial charge in [0.2, 0.25) is 11.9 Å². The number of aromatic nitrogens is 8. The van der Waals surface area contributed by atoms with Crippen LogP contribution in [0.1, 0.15) is 26.3 Å². The first kappa shape index (κ1) is 31.1. The van der Waals surface area contributed by atoms with Gasteiger partial charge in [-0.3, -0.25) is 37.8 Å². The van der Waals surface area contributed by atoms with Crippen molar-refractivity contribution in [3.63, 3.8) is 0 Å². The molecule has 6 N–H and O–H groups in total. The second-order valence-corrected chi connectivity index (χ2v) is 13.8. The number of nitrogens with one attached hydrogen (secondary N) is 2. The van der Waals surface area contributed by atoms with E-state index in [1.165, 1.54) is 21.8 Å². The van der Waals surface area contributed by atoms with Crippen LogP contribution in [0.5, 0.6) is 0 Å². The van der Waals surface area contributed by atoms with Crippen LogP contribution in [0.15, 0.2) is 22.2 Å². The van der Waals surface area contributed by atoms with E-state index in [4.69, 9.17) is 39.0 Å². The number of hydrogen-bond donors (Lipinski definition) is 4. The van der Waals surface area contributed by atoms with E-state index >= 15 is 0 Å². The maximum atomic E-state index is 13.1. The SMILES string of the molecule is CC1[C@H]2OP(=O)([O-])OC[C@H]3O[C@@H](n4cnc5c(=O)[nH]c(N)nc54)[C@@H](C)C3OP(=O)([O-])OC[C@H]2O[C@H]1n1cnc2c(=O)[nH]c(N)nc21. The number of nitrogens with two attached hydrogens (primary N) is 2. The van der Waals surface area contributed by atoms with Gasteiger partial charge in [-0.15, -0.1) is 0 Å². The summed E-state index contributed by atoms with van der Waals surface area (Å²) >= 11 is 0. The molecule has 22 nitrogen and oxygen atoms in total. The number of nitrogen functional groups attached to an aromatic ring is 2. The van der Waals surface area contributed by atoms with Crippen LogP contribution in [0.3, 0.4) is 0 Å². The number of aromatic amines is 2. The van der Waals surface area contributed by atoms with Crippen molar-refractivity contribution in [2.24, 2.45) is 11.8 Å². The number of ether oxygens (including phenoxy) is 2. The zero-order valence-electron chi connectivity index (χ0n) is 23.8. The molecule has 10 atom stereocenters. The molecule has 4 aromatic rings. The summed E-state index contributed by atoms with van der Waals surface area (Å²) in [5.41, 5.74) is 10.1. The Hall–Kier alpha value is -3.56. The zero-order chi connectivity index (χ0) is 32.7. The molecule has 0 aromatic carbocycles. The Kier molecular flexibility index (Phi) is 7.44. The highest BCUT2D eigenvalue weighted by Gasteiger charge is 2.50. The van der Waals surface area contributed by atoms with Gasteiger partial charge in [-0.05, 0) is 0 Å². The molecular formula is C22H26N10O12P2-2. The monoisotopic (exact) mass is 684 g/mol. The van der Waals surface area contributed by atoms with Crippen LogP contribution >= 0.6 is 15.6 Å². The van der Waals surface area contributed by atoms with Gasteiger partial charge in [-0.25, -0.2) is 9.97 Å². The maximum Gasteiger partial charge on any atom is 0.280 e. The Morgan fingerprint density at radius 2 is 1.17 bits per heavy atom. The average molecular weight is 684 g/mol. The molecule has 0 spiro atoms. The van der Waals surface area contributed by atoms with Crippen molar-refractivity contribution < 1.29 is 46.5 Å². The van der Waals surface area contributed by atoms with Crippen LogP contribution in [0.4, 0.5) is 11.9 Å². The number of phosphoric ester groups is 2. The number of nitrogens with zero attached hydrogens (tertiary/aromatic N) is 6. The van der Waals surface area contributed by atoms with Crippen LogP contribution in [0, 0.1) is 11.8 Å². The molecular weight excluding hydrogens is 658 g/mol. The van der Waals surface area contributed by atoms with Crippen LogP contribution < -0.4 is 32.4 Å². The minimum atomic E-state index is -5.12. The van der Waals surface area contributed by atoms with Crippen molar-refractivity contribution in [3.05, 3.63) is 33.4 Å². The third kappa shape index (κ3) is 5.35. The summed E-state index contributed by atoms with van der Waals surface area (Å²) in [6.07, 6.45) is -4.84. The minimum absolute atomic E-state index is 0.0393. The van der Waals surface area contributed by atoms with Crippen LogP contribution in [0.25, 0.3) is 22.3 Å². The standard InChI is InChI=1S/C22H28N10O12P2/c1-7-13-9(41-19(7)31-5-25-11-15(31)27-21(23)29-17(11)33)3-39-46(37,38)44-14-8(2)20(42-10(14)4-40-45(35,36)43-13)32-6-26-12-16(32)28-22(24)30-18(12)34/h5-10,13-14,19-20H,3-4H2,1-2H3,(H,35,36)(H,37,38)(H3,23,27,29,33)(H3,24,28,30,34)/p-2/t7-,8?,9+,10+,13?,14+,19+,20+/m0/s1. The van der Waals surface area contributed by atoms with Crippen molar-refractivity contribution >= 4 is 49.9 Å². The molecule has 248 valence electrons. The Morgan fingerprint density at radius 3 is 1.57 bits per heavy atom.